The Morgan fingerprint density at radius 2 is 0.845 bits per heavy atom. The van der Waals surface area contributed by atoms with Crippen molar-refractivity contribution in [1.29, 1.82) is 0 Å². The van der Waals surface area contributed by atoms with Crippen molar-refractivity contribution in [3.8, 4) is 50.2 Å². The van der Waals surface area contributed by atoms with E-state index in [0.717, 1.165) is 44.9 Å². The van der Waals surface area contributed by atoms with Crippen LogP contribution in [0, 0.1) is 0 Å². The molecule has 0 unspecified atom stereocenters. The third-order valence-corrected chi connectivity index (χ3v) is 14.8. The minimum atomic E-state index is 0.0940. The van der Waals surface area contributed by atoms with E-state index in [1.54, 1.807) is 0 Å². The maximum Gasteiger partial charge on any atom is 0.129 e. The number of nitrogens with zero attached hydrogens (tertiary/aromatic N) is 4. The molecule has 0 aliphatic carbocycles. The van der Waals surface area contributed by atoms with E-state index in [9.17, 15) is 0 Å². The number of rotatable bonds is 8. The second-order valence-electron chi connectivity index (χ2n) is 20.9. The van der Waals surface area contributed by atoms with Gasteiger partial charge in [0.15, 0.2) is 0 Å². The summed E-state index contributed by atoms with van der Waals surface area (Å²) in [5.41, 5.74) is 20.5. The average molecular weight is 935 g/mol. The molecule has 0 radical (unpaired) electrons. The molecule has 5 heteroatoms. The van der Waals surface area contributed by atoms with Crippen LogP contribution in [0.1, 0.15) is 52.7 Å². The summed E-state index contributed by atoms with van der Waals surface area (Å²) in [5, 5.41) is 4.94. The number of para-hydroxylation sites is 1. The Morgan fingerprint density at radius 1 is 0.380 bits per heavy atom. The predicted octanol–water partition coefficient (Wildman–Crippen LogP) is 18.7. The first-order valence-electron chi connectivity index (χ1n) is 24.6. The summed E-state index contributed by atoms with van der Waals surface area (Å²) >= 11 is 1.26. The lowest BCUT2D eigenvalue weighted by atomic mass is 9.86. The van der Waals surface area contributed by atoms with E-state index >= 15 is 0 Å². The molecule has 0 bridgehead atoms. The Kier molecular flexibility index (Phi) is 10.8. The summed E-state index contributed by atoms with van der Waals surface area (Å²) in [6.45, 7) is 13.6. The predicted molar refractivity (Wildman–Crippen MR) is 303 cm³/mol. The van der Waals surface area contributed by atoms with Gasteiger partial charge < -0.3 is 9.47 Å². The smallest absolute Gasteiger partial charge is 0.129 e. The summed E-state index contributed by atoms with van der Waals surface area (Å²) in [5.74, 6) is 0. The van der Waals surface area contributed by atoms with Crippen LogP contribution in [-0.2, 0) is 10.8 Å². The molecule has 12 aromatic rings. The van der Waals surface area contributed by atoms with Gasteiger partial charge in [-0.05, 0) is 151 Å². The Bertz CT molecular complexity index is 3790. The molecule has 0 aliphatic rings. The van der Waals surface area contributed by atoms with Gasteiger partial charge in [0.2, 0.25) is 0 Å². The molecule has 71 heavy (non-hydrogen) atoms. The van der Waals surface area contributed by atoms with Gasteiger partial charge in [-0.1, -0.05) is 181 Å². The summed E-state index contributed by atoms with van der Waals surface area (Å²) in [7, 11) is 0. The zero-order chi connectivity index (χ0) is 48.4. The zero-order valence-corrected chi connectivity index (χ0v) is 41.8. The van der Waals surface area contributed by atoms with Crippen LogP contribution in [0.5, 0.6) is 0 Å². The molecule has 2 heterocycles. The highest BCUT2D eigenvalue weighted by molar-refractivity contribution is 7.00. The topological polar surface area (TPSA) is 34.0 Å². The summed E-state index contributed by atoms with van der Waals surface area (Å²) in [4.78, 5) is 2.29. The molecule has 12 rings (SSSR count). The van der Waals surface area contributed by atoms with Gasteiger partial charge in [-0.15, -0.1) is 0 Å². The fourth-order valence-corrected chi connectivity index (χ4v) is 10.8. The van der Waals surface area contributed by atoms with Gasteiger partial charge in [0.25, 0.3) is 0 Å². The van der Waals surface area contributed by atoms with Crippen LogP contribution in [0.4, 0.5) is 17.1 Å². The van der Waals surface area contributed by atoms with Crippen molar-refractivity contribution in [2.45, 2.75) is 52.4 Å². The molecule has 4 nitrogen and oxygen atoms in total. The number of aromatic nitrogens is 3. The van der Waals surface area contributed by atoms with Gasteiger partial charge >= 0.3 is 0 Å². The highest BCUT2D eigenvalue weighted by Crippen LogP contribution is 2.43. The van der Waals surface area contributed by atoms with E-state index in [1.807, 2.05) is 0 Å². The van der Waals surface area contributed by atoms with Crippen molar-refractivity contribution in [3.63, 3.8) is 0 Å². The maximum absolute atomic E-state index is 4.97. The monoisotopic (exact) mass is 934 g/mol. The highest BCUT2D eigenvalue weighted by atomic mass is 32.1. The number of hydrogen-bond donors (Lipinski definition) is 0. The standard InChI is InChI=1S/C66H54N4S/c1-65(2,3)52-28-18-44(19-29-52)50-26-37-60-58(41-50)59-42-51(45-20-30-53(31-21-45)66(4,5)6)27-38-61(59)70(60)56-34-24-47(25-35-56)57-36-39-62(64-63(57)67-71-68-64)69(54-14-8-7-9-15-54)55-32-22-46(23-33-55)49-17-16-43-12-10-11-13-48(43)40-49/h7-42H,1-6H3. The van der Waals surface area contributed by atoms with E-state index in [2.05, 4.69) is 269 Å². The van der Waals surface area contributed by atoms with E-state index in [4.69, 9.17) is 8.75 Å². The first-order valence-corrected chi connectivity index (χ1v) is 25.3. The van der Waals surface area contributed by atoms with Gasteiger partial charge in [0.1, 0.15) is 11.0 Å². The van der Waals surface area contributed by atoms with Gasteiger partial charge in [-0.3, -0.25) is 0 Å². The lowest BCUT2D eigenvalue weighted by Gasteiger charge is -2.26. The number of anilines is 3. The molecule has 0 fully saturated rings. The van der Waals surface area contributed by atoms with Crippen LogP contribution < -0.4 is 4.90 Å². The molecule has 0 atom stereocenters. The van der Waals surface area contributed by atoms with Crippen LogP contribution in [0.3, 0.4) is 0 Å². The maximum atomic E-state index is 4.97. The third-order valence-electron chi connectivity index (χ3n) is 14.2. The van der Waals surface area contributed by atoms with Crippen LogP contribution in [0.15, 0.2) is 218 Å². The van der Waals surface area contributed by atoms with Crippen molar-refractivity contribution in [2.75, 3.05) is 4.90 Å². The van der Waals surface area contributed by atoms with E-state index in [-0.39, 0.29) is 10.8 Å². The van der Waals surface area contributed by atoms with Crippen molar-refractivity contribution in [2.24, 2.45) is 0 Å². The van der Waals surface area contributed by atoms with Crippen LogP contribution in [0.2, 0.25) is 0 Å². The number of hydrogen-bond acceptors (Lipinski definition) is 4. The lowest BCUT2D eigenvalue weighted by molar-refractivity contribution is 0.590. The van der Waals surface area contributed by atoms with Crippen molar-refractivity contribution >= 4 is 72.4 Å². The van der Waals surface area contributed by atoms with Gasteiger partial charge in [0, 0.05) is 33.4 Å². The number of benzene rings is 10. The minimum absolute atomic E-state index is 0.0940. The van der Waals surface area contributed by atoms with Crippen LogP contribution in [-0.4, -0.2) is 13.3 Å². The normalized spacial score (nSPS) is 12.1. The molecule has 2 aromatic heterocycles. The zero-order valence-electron chi connectivity index (χ0n) is 41.0. The van der Waals surface area contributed by atoms with E-state index in [0.29, 0.717) is 0 Å². The molecule has 0 N–H and O–H groups in total. The second-order valence-corrected chi connectivity index (χ2v) is 21.4. The number of fused-ring (bicyclic) bond motifs is 5. The Balaban J connectivity index is 0.920. The molecule has 0 saturated carbocycles. The SMILES string of the molecule is CC(C)(C)c1ccc(-c2ccc3c(c2)c2cc(-c4ccc(C(C)(C)C)cc4)ccc2n3-c2ccc(-c3ccc(N(c4ccccc4)c4ccc(-c5ccc6ccccc6c5)cc4)c4nsnc34)cc2)cc1. The fraction of sp³-hybridized carbons (Fsp3) is 0.121. The van der Waals surface area contributed by atoms with Crippen molar-refractivity contribution in [3.05, 3.63) is 230 Å². The van der Waals surface area contributed by atoms with E-state index < -0.39 is 0 Å². The lowest BCUT2D eigenvalue weighted by Crippen LogP contribution is -2.10. The minimum Gasteiger partial charge on any atom is -0.309 e. The summed E-state index contributed by atoms with van der Waals surface area (Å²) in [6.07, 6.45) is 0. The fourth-order valence-electron chi connectivity index (χ4n) is 10.2. The summed E-state index contributed by atoms with van der Waals surface area (Å²) < 4.78 is 12.3. The molecule has 0 amide bonds. The van der Waals surface area contributed by atoms with Crippen LogP contribution >= 0.6 is 11.7 Å². The third kappa shape index (κ3) is 8.16. The first-order chi connectivity index (χ1) is 34.4. The van der Waals surface area contributed by atoms with E-state index in [1.165, 1.54) is 88.8 Å². The van der Waals surface area contributed by atoms with Gasteiger partial charge in [-0.25, -0.2) is 0 Å². The molecule has 0 spiro atoms. The quantitative estimate of drug-likeness (QED) is 0.152. The molecular weight excluding hydrogens is 881 g/mol. The Hall–Kier alpha value is -8.12. The van der Waals surface area contributed by atoms with Crippen molar-refractivity contribution < 1.29 is 0 Å². The largest absolute Gasteiger partial charge is 0.309 e. The van der Waals surface area contributed by atoms with Gasteiger partial charge in [-0.2, -0.15) is 8.75 Å². The Morgan fingerprint density at radius 3 is 1.42 bits per heavy atom. The van der Waals surface area contributed by atoms with Gasteiger partial charge in [0.05, 0.1) is 28.4 Å². The highest BCUT2D eigenvalue weighted by Gasteiger charge is 2.22. The average Bonchev–Trinajstić information content (AvgIpc) is 4.02. The molecular formula is C66H54N4S. The molecule has 0 saturated heterocycles. The summed E-state index contributed by atoms with van der Waals surface area (Å²) in [6, 6.07) is 80.1. The van der Waals surface area contributed by atoms with Crippen LogP contribution in [0.25, 0.3) is 93.8 Å². The molecule has 344 valence electrons. The van der Waals surface area contributed by atoms with Crippen molar-refractivity contribution in [1.82, 2.24) is 13.3 Å². The Labute approximate surface area is 420 Å². The second kappa shape index (κ2) is 17.4. The molecule has 0 aliphatic heterocycles. The molecule has 10 aromatic carbocycles. The first kappa shape index (κ1) is 44.1.